The summed E-state index contributed by atoms with van der Waals surface area (Å²) in [6, 6.07) is 64.4. The van der Waals surface area contributed by atoms with Crippen molar-refractivity contribution in [1.29, 1.82) is 0 Å². The largest absolute Gasteiger partial charge is 0.454 e. The van der Waals surface area contributed by atoms with Crippen molar-refractivity contribution in [3.8, 4) is 16.8 Å². The predicted octanol–water partition coefficient (Wildman–Crippen LogP) is 13.4. The minimum absolute atomic E-state index is 0.489. The maximum absolute atomic E-state index is 6.99. The van der Waals surface area contributed by atoms with E-state index in [1.165, 1.54) is 75.2 Å². The molecular weight excluding hydrogens is 651 g/mol. The molecule has 1 aliphatic rings. The van der Waals surface area contributed by atoms with Gasteiger partial charge in [-0.15, -0.1) is 11.3 Å². The monoisotopic (exact) mass is 679 g/mol. The first-order chi connectivity index (χ1) is 25.8. The Kier molecular flexibility index (Phi) is 5.62. The Labute approximate surface area is 303 Å². The predicted molar refractivity (Wildman–Crippen MR) is 218 cm³/mol. The second-order valence-corrected chi connectivity index (χ2v) is 15.0. The Morgan fingerprint density at radius 2 is 1.12 bits per heavy atom. The summed E-state index contributed by atoms with van der Waals surface area (Å²) < 4.78 is 12.1. The van der Waals surface area contributed by atoms with Crippen molar-refractivity contribution >= 4 is 75.3 Å². The van der Waals surface area contributed by atoms with Crippen molar-refractivity contribution in [2.75, 3.05) is 0 Å². The van der Waals surface area contributed by atoms with E-state index in [4.69, 9.17) is 4.42 Å². The molecule has 1 aliphatic carbocycles. The van der Waals surface area contributed by atoms with Crippen LogP contribution in [0.15, 0.2) is 180 Å². The number of hydrogen-bond acceptors (Lipinski definition) is 2. The molecule has 3 heteroatoms. The van der Waals surface area contributed by atoms with Crippen LogP contribution in [0.2, 0.25) is 0 Å². The van der Waals surface area contributed by atoms with Gasteiger partial charge in [-0.2, -0.15) is 0 Å². The van der Waals surface area contributed by atoms with E-state index in [2.05, 4.69) is 180 Å². The third-order valence-corrected chi connectivity index (χ3v) is 12.6. The van der Waals surface area contributed by atoms with Gasteiger partial charge in [-0.05, 0) is 63.7 Å². The highest BCUT2D eigenvalue weighted by Crippen LogP contribution is 2.57. The van der Waals surface area contributed by atoms with E-state index >= 15 is 0 Å². The topological polar surface area (TPSA) is 18.1 Å². The Bertz CT molecular complexity index is 3200. The maximum Gasteiger partial charge on any atom is 0.160 e. The fraction of sp³-hybridized carbons (Fsp3) is 0.0204. The second kappa shape index (κ2) is 10.3. The molecule has 0 saturated heterocycles. The van der Waals surface area contributed by atoms with E-state index in [0.29, 0.717) is 0 Å². The summed E-state index contributed by atoms with van der Waals surface area (Å²) in [4.78, 5) is 0. The minimum Gasteiger partial charge on any atom is -0.454 e. The summed E-state index contributed by atoms with van der Waals surface area (Å²) in [5, 5.41) is 7.39. The molecule has 0 aliphatic heterocycles. The van der Waals surface area contributed by atoms with Gasteiger partial charge in [-0.25, -0.2) is 0 Å². The van der Waals surface area contributed by atoms with Crippen LogP contribution < -0.4 is 0 Å². The highest BCUT2D eigenvalue weighted by atomic mass is 32.1. The van der Waals surface area contributed by atoms with Gasteiger partial charge < -0.3 is 8.98 Å². The molecule has 0 bridgehead atoms. The van der Waals surface area contributed by atoms with Crippen molar-refractivity contribution in [2.45, 2.75) is 5.41 Å². The van der Waals surface area contributed by atoms with E-state index in [9.17, 15) is 0 Å². The third kappa shape index (κ3) is 3.48. The number of rotatable bonds is 3. The summed E-state index contributed by atoms with van der Waals surface area (Å²) >= 11 is 1.89. The lowest BCUT2D eigenvalue weighted by Crippen LogP contribution is -2.28. The summed E-state index contributed by atoms with van der Waals surface area (Å²) in [7, 11) is 0. The summed E-state index contributed by atoms with van der Waals surface area (Å²) in [6.45, 7) is 0. The Morgan fingerprint density at radius 3 is 1.92 bits per heavy atom. The molecule has 0 saturated carbocycles. The molecule has 12 rings (SSSR count). The van der Waals surface area contributed by atoms with Gasteiger partial charge in [0.1, 0.15) is 5.58 Å². The number of aromatic nitrogens is 1. The normalized spacial score (nSPS) is 13.5. The molecule has 3 heterocycles. The average molecular weight is 680 g/mol. The number of fused-ring (bicyclic) bond motifs is 15. The van der Waals surface area contributed by atoms with E-state index in [0.717, 1.165) is 27.8 Å². The Morgan fingerprint density at radius 1 is 0.481 bits per heavy atom. The lowest BCUT2D eigenvalue weighted by Gasteiger charge is -2.34. The maximum atomic E-state index is 6.99. The van der Waals surface area contributed by atoms with E-state index in [-0.39, 0.29) is 0 Å². The van der Waals surface area contributed by atoms with Gasteiger partial charge in [0.05, 0.1) is 16.4 Å². The second-order valence-electron chi connectivity index (χ2n) is 13.9. The van der Waals surface area contributed by atoms with Gasteiger partial charge in [0.25, 0.3) is 0 Å². The summed E-state index contributed by atoms with van der Waals surface area (Å²) in [5.41, 5.74) is 12.5. The number of nitrogens with zero attached hydrogens (tertiary/aromatic N) is 1. The van der Waals surface area contributed by atoms with Crippen LogP contribution in [0.4, 0.5) is 0 Å². The van der Waals surface area contributed by atoms with Crippen molar-refractivity contribution in [3.63, 3.8) is 0 Å². The van der Waals surface area contributed by atoms with Crippen LogP contribution in [0.1, 0.15) is 22.3 Å². The standard InChI is InChI=1S/C49H29NOS/c1-3-15-30(16-4-1)49(31-17-5-2-6-18-31)38-23-11-7-19-33(38)34-28-27-32(29-39(34)49)50-40-24-12-8-20-35(40)45-46(50)47-43(36-21-9-13-25-41(36)51-47)44-37-22-10-14-26-42(37)52-48(44)45/h1-29H. The first-order valence-corrected chi connectivity index (χ1v) is 18.7. The molecule has 0 spiro atoms. The number of furan rings is 1. The zero-order chi connectivity index (χ0) is 34.0. The van der Waals surface area contributed by atoms with Gasteiger partial charge in [-0.1, -0.05) is 146 Å². The Hall–Kier alpha value is -6.42. The van der Waals surface area contributed by atoms with Crippen LogP contribution in [0, 0.1) is 0 Å². The van der Waals surface area contributed by atoms with Crippen molar-refractivity contribution in [3.05, 3.63) is 198 Å². The molecule has 0 fully saturated rings. The summed E-state index contributed by atoms with van der Waals surface area (Å²) in [6.07, 6.45) is 0. The molecule has 3 aromatic heterocycles. The van der Waals surface area contributed by atoms with Gasteiger partial charge in [0, 0.05) is 47.4 Å². The highest BCUT2D eigenvalue weighted by Gasteiger charge is 2.46. The van der Waals surface area contributed by atoms with Gasteiger partial charge in [-0.3, -0.25) is 0 Å². The SMILES string of the molecule is c1ccc(C2(c3ccccc3)c3ccccc3-c3ccc(-n4c5ccccc5c5c6sc7ccccc7c6c6c7ccccc7oc6c54)cc32)cc1. The number of hydrogen-bond donors (Lipinski definition) is 0. The van der Waals surface area contributed by atoms with Crippen LogP contribution in [0.25, 0.3) is 80.7 Å². The van der Waals surface area contributed by atoms with E-state index < -0.39 is 5.41 Å². The number of thiophene rings is 1. The zero-order valence-electron chi connectivity index (χ0n) is 28.0. The minimum atomic E-state index is -0.489. The fourth-order valence-electron chi connectivity index (χ4n) is 9.45. The first kappa shape index (κ1) is 28.3. The molecule has 0 atom stereocenters. The van der Waals surface area contributed by atoms with Crippen LogP contribution in [-0.4, -0.2) is 4.57 Å². The highest BCUT2D eigenvalue weighted by molar-refractivity contribution is 7.27. The lowest BCUT2D eigenvalue weighted by molar-refractivity contribution is 0.671. The van der Waals surface area contributed by atoms with Crippen molar-refractivity contribution < 1.29 is 4.42 Å². The number of benzene rings is 8. The molecular formula is C49H29NOS. The van der Waals surface area contributed by atoms with Crippen LogP contribution in [0.3, 0.4) is 0 Å². The van der Waals surface area contributed by atoms with Crippen LogP contribution in [-0.2, 0) is 5.41 Å². The smallest absolute Gasteiger partial charge is 0.160 e. The molecule has 0 unspecified atom stereocenters. The van der Waals surface area contributed by atoms with Crippen molar-refractivity contribution in [1.82, 2.24) is 4.57 Å². The molecule has 8 aromatic carbocycles. The van der Waals surface area contributed by atoms with Gasteiger partial charge in [0.2, 0.25) is 0 Å². The van der Waals surface area contributed by atoms with Crippen LogP contribution in [0.5, 0.6) is 0 Å². The molecule has 52 heavy (non-hydrogen) atoms. The molecule has 0 amide bonds. The van der Waals surface area contributed by atoms with Crippen molar-refractivity contribution in [2.24, 2.45) is 0 Å². The summed E-state index contributed by atoms with van der Waals surface area (Å²) in [5.74, 6) is 0. The Balaban J connectivity index is 1.27. The fourth-order valence-corrected chi connectivity index (χ4v) is 10.7. The van der Waals surface area contributed by atoms with Gasteiger partial charge >= 0.3 is 0 Å². The lowest BCUT2D eigenvalue weighted by atomic mass is 9.67. The van der Waals surface area contributed by atoms with E-state index in [1.807, 2.05) is 11.3 Å². The molecule has 0 radical (unpaired) electrons. The molecule has 242 valence electrons. The molecule has 2 nitrogen and oxygen atoms in total. The third-order valence-electron chi connectivity index (χ3n) is 11.5. The first-order valence-electron chi connectivity index (χ1n) is 17.9. The van der Waals surface area contributed by atoms with Gasteiger partial charge in [0.15, 0.2) is 5.58 Å². The van der Waals surface area contributed by atoms with Crippen LogP contribution >= 0.6 is 11.3 Å². The average Bonchev–Trinajstić information content (AvgIpc) is 3.95. The molecule has 11 aromatic rings. The number of para-hydroxylation sites is 2. The molecule has 0 N–H and O–H groups in total. The zero-order valence-corrected chi connectivity index (χ0v) is 28.8. The quantitative estimate of drug-likeness (QED) is 0.182. The van der Waals surface area contributed by atoms with E-state index in [1.54, 1.807) is 0 Å².